The summed E-state index contributed by atoms with van der Waals surface area (Å²) in [6, 6.07) is 8.78. The number of halogens is 3. The monoisotopic (exact) mass is 304 g/mol. The van der Waals surface area contributed by atoms with Gasteiger partial charge in [-0.3, -0.25) is 4.79 Å². The van der Waals surface area contributed by atoms with Gasteiger partial charge in [0.1, 0.15) is 6.61 Å². The van der Waals surface area contributed by atoms with E-state index in [1.54, 1.807) is 30.3 Å². The SMILES string of the molecule is C=C(SC)C(CC(=O)OCc1ccccc1)C(F)(F)F. The molecule has 1 unspecified atom stereocenters. The number of thioether (sulfide) groups is 1. The summed E-state index contributed by atoms with van der Waals surface area (Å²) in [4.78, 5) is 11.4. The third kappa shape index (κ3) is 5.28. The summed E-state index contributed by atoms with van der Waals surface area (Å²) in [7, 11) is 0. The number of esters is 1. The highest BCUT2D eigenvalue weighted by atomic mass is 32.2. The Morgan fingerprint density at radius 3 is 2.45 bits per heavy atom. The fourth-order valence-electron chi connectivity index (χ4n) is 1.52. The van der Waals surface area contributed by atoms with Crippen molar-refractivity contribution in [3.05, 3.63) is 47.4 Å². The second-order valence-corrected chi connectivity index (χ2v) is 5.05. The van der Waals surface area contributed by atoms with Gasteiger partial charge >= 0.3 is 12.1 Å². The van der Waals surface area contributed by atoms with Crippen LogP contribution in [0.1, 0.15) is 12.0 Å². The van der Waals surface area contributed by atoms with Gasteiger partial charge in [0.05, 0.1) is 12.3 Å². The lowest BCUT2D eigenvalue weighted by atomic mass is 10.1. The van der Waals surface area contributed by atoms with Crippen LogP contribution in [0.4, 0.5) is 13.2 Å². The lowest BCUT2D eigenvalue weighted by Gasteiger charge is -2.20. The van der Waals surface area contributed by atoms with Crippen LogP contribution < -0.4 is 0 Å². The van der Waals surface area contributed by atoms with Gasteiger partial charge in [-0.05, 0) is 16.7 Å². The second kappa shape index (κ2) is 7.38. The summed E-state index contributed by atoms with van der Waals surface area (Å²) >= 11 is 0.894. The van der Waals surface area contributed by atoms with Crippen molar-refractivity contribution in [1.29, 1.82) is 0 Å². The first-order valence-corrected chi connectivity index (χ1v) is 7.06. The molecule has 1 aromatic carbocycles. The zero-order chi connectivity index (χ0) is 15.2. The van der Waals surface area contributed by atoms with Crippen molar-refractivity contribution in [2.24, 2.45) is 5.92 Å². The molecule has 0 fully saturated rings. The topological polar surface area (TPSA) is 26.3 Å². The summed E-state index contributed by atoms with van der Waals surface area (Å²) in [6.45, 7) is 3.31. The maximum absolute atomic E-state index is 12.8. The molecule has 0 aromatic heterocycles. The molecule has 1 aromatic rings. The van der Waals surface area contributed by atoms with Crippen molar-refractivity contribution in [2.75, 3.05) is 6.26 Å². The van der Waals surface area contributed by atoms with Crippen LogP contribution in [-0.2, 0) is 16.1 Å². The van der Waals surface area contributed by atoms with Crippen LogP contribution in [0, 0.1) is 5.92 Å². The quantitative estimate of drug-likeness (QED) is 0.738. The Morgan fingerprint density at radius 1 is 1.35 bits per heavy atom. The van der Waals surface area contributed by atoms with E-state index in [4.69, 9.17) is 4.74 Å². The number of allylic oxidation sites excluding steroid dienone is 1. The molecule has 0 spiro atoms. The Hall–Kier alpha value is -1.43. The first-order chi connectivity index (χ1) is 9.34. The highest BCUT2D eigenvalue weighted by Crippen LogP contribution is 2.37. The van der Waals surface area contributed by atoms with Crippen LogP contribution in [0.5, 0.6) is 0 Å². The molecule has 6 heteroatoms. The number of hydrogen-bond acceptors (Lipinski definition) is 3. The summed E-state index contributed by atoms with van der Waals surface area (Å²) in [5, 5.41) is 0. The molecule has 0 aliphatic rings. The zero-order valence-corrected chi connectivity index (χ0v) is 11.8. The number of alkyl halides is 3. The minimum absolute atomic E-state index is 0.0318. The molecule has 0 radical (unpaired) electrons. The third-order valence-electron chi connectivity index (χ3n) is 2.66. The molecule has 0 amide bonds. The van der Waals surface area contributed by atoms with E-state index in [9.17, 15) is 18.0 Å². The highest BCUT2D eigenvalue weighted by molar-refractivity contribution is 8.02. The van der Waals surface area contributed by atoms with Crippen molar-refractivity contribution >= 4 is 17.7 Å². The molecule has 0 aliphatic heterocycles. The number of carbonyl (C=O) groups excluding carboxylic acids is 1. The number of benzene rings is 1. The number of ether oxygens (including phenoxy) is 1. The van der Waals surface area contributed by atoms with Crippen molar-refractivity contribution in [2.45, 2.75) is 19.2 Å². The van der Waals surface area contributed by atoms with E-state index in [2.05, 4.69) is 6.58 Å². The van der Waals surface area contributed by atoms with Gasteiger partial charge in [-0.1, -0.05) is 36.9 Å². The number of hydrogen-bond donors (Lipinski definition) is 0. The fraction of sp³-hybridized carbons (Fsp3) is 0.357. The van der Waals surface area contributed by atoms with Gasteiger partial charge in [-0.2, -0.15) is 13.2 Å². The molecule has 20 heavy (non-hydrogen) atoms. The van der Waals surface area contributed by atoms with Gasteiger partial charge in [0, 0.05) is 0 Å². The van der Waals surface area contributed by atoms with E-state index in [-0.39, 0.29) is 11.5 Å². The van der Waals surface area contributed by atoms with Crippen LogP contribution in [-0.4, -0.2) is 18.4 Å². The minimum atomic E-state index is -4.49. The molecule has 0 saturated carbocycles. The predicted octanol–water partition coefficient (Wildman–Crippen LogP) is 4.18. The Kier molecular flexibility index (Phi) is 6.13. The molecular weight excluding hydrogens is 289 g/mol. The van der Waals surface area contributed by atoms with E-state index in [0.29, 0.717) is 0 Å². The minimum Gasteiger partial charge on any atom is -0.461 e. The van der Waals surface area contributed by atoms with Gasteiger partial charge in [-0.15, -0.1) is 11.8 Å². The molecule has 2 nitrogen and oxygen atoms in total. The largest absolute Gasteiger partial charge is 0.461 e. The molecule has 0 aliphatic carbocycles. The predicted molar refractivity (Wildman–Crippen MR) is 73.1 cm³/mol. The Labute approximate surface area is 120 Å². The lowest BCUT2D eigenvalue weighted by molar-refractivity contribution is -0.175. The van der Waals surface area contributed by atoms with Crippen LogP contribution in [0.15, 0.2) is 41.8 Å². The lowest BCUT2D eigenvalue weighted by Crippen LogP contribution is -2.27. The third-order valence-corrected chi connectivity index (χ3v) is 3.47. The summed E-state index contributed by atoms with van der Waals surface area (Å²) in [5.41, 5.74) is 0.730. The standard InChI is InChI=1S/C14H15F3O2S/c1-10(20-2)12(14(15,16)17)8-13(18)19-9-11-6-4-3-5-7-11/h3-7,12H,1,8-9H2,2H3. The number of carbonyl (C=O) groups is 1. The van der Waals surface area contributed by atoms with Crippen molar-refractivity contribution in [1.82, 2.24) is 0 Å². The zero-order valence-electron chi connectivity index (χ0n) is 10.9. The molecule has 110 valence electrons. The molecule has 0 bridgehead atoms. The fourth-order valence-corrected chi connectivity index (χ4v) is 2.02. The van der Waals surface area contributed by atoms with E-state index in [1.807, 2.05) is 0 Å². The van der Waals surface area contributed by atoms with Crippen molar-refractivity contribution in [3.8, 4) is 0 Å². The molecular formula is C14H15F3O2S. The Bertz CT molecular complexity index is 457. The van der Waals surface area contributed by atoms with E-state index in [0.717, 1.165) is 17.3 Å². The maximum Gasteiger partial charge on any atom is 0.396 e. The van der Waals surface area contributed by atoms with Crippen LogP contribution in [0.2, 0.25) is 0 Å². The molecule has 0 heterocycles. The Morgan fingerprint density at radius 2 is 1.95 bits per heavy atom. The summed E-state index contributed by atoms with van der Waals surface area (Å²) in [5.74, 6) is -2.76. The number of rotatable bonds is 6. The molecule has 1 atom stereocenters. The Balaban J connectivity index is 2.57. The normalized spacial score (nSPS) is 12.8. The maximum atomic E-state index is 12.8. The molecule has 1 rings (SSSR count). The van der Waals surface area contributed by atoms with Crippen LogP contribution in [0.25, 0.3) is 0 Å². The van der Waals surface area contributed by atoms with E-state index in [1.165, 1.54) is 6.26 Å². The van der Waals surface area contributed by atoms with Gasteiger partial charge in [-0.25, -0.2) is 0 Å². The van der Waals surface area contributed by atoms with E-state index < -0.39 is 24.5 Å². The summed E-state index contributed by atoms with van der Waals surface area (Å²) in [6.07, 6.45) is -3.74. The summed E-state index contributed by atoms with van der Waals surface area (Å²) < 4.78 is 43.3. The molecule has 0 N–H and O–H groups in total. The molecule has 0 saturated heterocycles. The van der Waals surface area contributed by atoms with Crippen LogP contribution in [0.3, 0.4) is 0 Å². The highest BCUT2D eigenvalue weighted by Gasteiger charge is 2.42. The average molecular weight is 304 g/mol. The van der Waals surface area contributed by atoms with Crippen molar-refractivity contribution < 1.29 is 22.7 Å². The average Bonchev–Trinajstić information content (AvgIpc) is 2.41. The first kappa shape index (κ1) is 16.6. The van der Waals surface area contributed by atoms with Gasteiger partial charge in [0.15, 0.2) is 0 Å². The smallest absolute Gasteiger partial charge is 0.396 e. The van der Waals surface area contributed by atoms with E-state index >= 15 is 0 Å². The van der Waals surface area contributed by atoms with Gasteiger partial charge in [0.25, 0.3) is 0 Å². The first-order valence-electron chi connectivity index (χ1n) is 5.83. The van der Waals surface area contributed by atoms with Gasteiger partial charge < -0.3 is 4.74 Å². The van der Waals surface area contributed by atoms with Crippen molar-refractivity contribution in [3.63, 3.8) is 0 Å². The van der Waals surface area contributed by atoms with Gasteiger partial charge in [0.2, 0.25) is 0 Å². The second-order valence-electron chi connectivity index (χ2n) is 4.12. The van der Waals surface area contributed by atoms with Crippen LogP contribution >= 0.6 is 11.8 Å².